The molecular formula is C18H16N8O. The number of nitrogens with one attached hydrogen (secondary N) is 1. The second-order valence-electron chi connectivity index (χ2n) is 6.42. The van der Waals surface area contributed by atoms with Crippen LogP contribution < -0.4 is 10.2 Å². The van der Waals surface area contributed by atoms with Crippen LogP contribution in [0.1, 0.15) is 5.56 Å². The number of carbonyl (C=O) groups is 1. The van der Waals surface area contributed by atoms with Gasteiger partial charge in [0.15, 0.2) is 5.65 Å². The summed E-state index contributed by atoms with van der Waals surface area (Å²) in [7, 11) is 0. The van der Waals surface area contributed by atoms with Gasteiger partial charge < -0.3 is 10.2 Å². The molecule has 3 aromatic heterocycles. The minimum absolute atomic E-state index is 0.0143. The Balaban J connectivity index is 1.48. The molecule has 9 heteroatoms. The second kappa shape index (κ2) is 6.27. The molecule has 0 bridgehead atoms. The lowest BCUT2D eigenvalue weighted by Crippen LogP contribution is -2.48. The molecule has 1 aliphatic heterocycles. The van der Waals surface area contributed by atoms with Crippen molar-refractivity contribution in [2.75, 3.05) is 24.5 Å². The van der Waals surface area contributed by atoms with Gasteiger partial charge in [0.25, 0.3) is 0 Å². The molecule has 27 heavy (non-hydrogen) atoms. The quantitative estimate of drug-likeness (QED) is 0.575. The average Bonchev–Trinajstić information content (AvgIpc) is 3.10. The highest BCUT2D eigenvalue weighted by Gasteiger charge is 2.19. The van der Waals surface area contributed by atoms with Crippen LogP contribution in [0.3, 0.4) is 0 Å². The zero-order chi connectivity index (χ0) is 18.2. The van der Waals surface area contributed by atoms with E-state index in [1.165, 1.54) is 0 Å². The van der Waals surface area contributed by atoms with Crippen LogP contribution in [0.2, 0.25) is 0 Å². The Hall–Kier alpha value is -3.62. The van der Waals surface area contributed by atoms with Crippen molar-refractivity contribution in [3.8, 4) is 0 Å². The molecule has 134 valence electrons. The number of fused-ring (bicyclic) bond motifs is 2. The highest BCUT2D eigenvalue weighted by atomic mass is 16.2. The third-order valence-electron chi connectivity index (χ3n) is 4.58. The van der Waals surface area contributed by atoms with Crippen LogP contribution in [0, 0.1) is 0 Å². The van der Waals surface area contributed by atoms with E-state index in [0.29, 0.717) is 36.7 Å². The van der Waals surface area contributed by atoms with Gasteiger partial charge in [-0.2, -0.15) is 0 Å². The number of carbonyl (C=O) groups excluding carboxylic acids is 1. The van der Waals surface area contributed by atoms with Crippen molar-refractivity contribution in [2.24, 2.45) is 0 Å². The summed E-state index contributed by atoms with van der Waals surface area (Å²) in [5.74, 6) is 0.642. The Morgan fingerprint density at radius 3 is 3.07 bits per heavy atom. The predicted molar refractivity (Wildman–Crippen MR) is 99.2 cm³/mol. The van der Waals surface area contributed by atoms with E-state index in [9.17, 15) is 4.79 Å². The standard InChI is InChI=1S/C18H16N8O/c27-16-11-25(7-6-20-16)15-9-21-17-18(22-15)26(24-23-17)10-12-3-4-14-13(8-12)2-1-5-19-14/h1-5,8-9H,6-7,10-11H2,(H,20,27). The van der Waals surface area contributed by atoms with Crippen LogP contribution in [0.25, 0.3) is 22.2 Å². The van der Waals surface area contributed by atoms with Crippen molar-refractivity contribution in [1.82, 2.24) is 35.3 Å². The summed E-state index contributed by atoms with van der Waals surface area (Å²) in [5, 5.41) is 12.2. The molecule has 5 rings (SSSR count). The molecular weight excluding hydrogens is 344 g/mol. The molecule has 1 fully saturated rings. The normalized spacial score (nSPS) is 14.7. The van der Waals surface area contributed by atoms with Crippen molar-refractivity contribution in [1.29, 1.82) is 0 Å². The highest BCUT2D eigenvalue weighted by molar-refractivity contribution is 5.82. The molecule has 0 spiro atoms. The van der Waals surface area contributed by atoms with Gasteiger partial charge in [-0.3, -0.25) is 9.78 Å². The first kappa shape index (κ1) is 15.6. The summed E-state index contributed by atoms with van der Waals surface area (Å²) in [6.07, 6.45) is 3.42. The van der Waals surface area contributed by atoms with Crippen molar-refractivity contribution < 1.29 is 4.79 Å². The molecule has 4 heterocycles. The van der Waals surface area contributed by atoms with Crippen molar-refractivity contribution >= 4 is 33.9 Å². The van der Waals surface area contributed by atoms with E-state index in [0.717, 1.165) is 16.5 Å². The molecule has 4 aromatic rings. The number of hydrogen-bond acceptors (Lipinski definition) is 7. The number of benzene rings is 1. The van der Waals surface area contributed by atoms with Crippen LogP contribution in [0.15, 0.2) is 42.7 Å². The van der Waals surface area contributed by atoms with Crippen LogP contribution >= 0.6 is 0 Å². The van der Waals surface area contributed by atoms with Gasteiger partial charge in [-0.25, -0.2) is 14.6 Å². The van der Waals surface area contributed by atoms with Gasteiger partial charge in [-0.05, 0) is 23.8 Å². The molecule has 0 radical (unpaired) electrons. The fourth-order valence-electron chi connectivity index (χ4n) is 3.24. The van der Waals surface area contributed by atoms with Gasteiger partial charge in [-0.15, -0.1) is 5.10 Å². The van der Waals surface area contributed by atoms with Crippen LogP contribution in [-0.4, -0.2) is 55.5 Å². The van der Waals surface area contributed by atoms with E-state index in [1.807, 2.05) is 29.2 Å². The minimum atomic E-state index is -0.0143. The molecule has 0 aliphatic carbocycles. The molecule has 1 N–H and O–H groups in total. The van der Waals surface area contributed by atoms with Gasteiger partial charge in [0, 0.05) is 24.7 Å². The van der Waals surface area contributed by atoms with Crippen LogP contribution in [0.4, 0.5) is 5.82 Å². The molecule has 0 unspecified atom stereocenters. The van der Waals surface area contributed by atoms with E-state index in [4.69, 9.17) is 0 Å². The summed E-state index contributed by atoms with van der Waals surface area (Å²) in [6.45, 7) is 2.10. The lowest BCUT2D eigenvalue weighted by molar-refractivity contribution is -0.120. The van der Waals surface area contributed by atoms with Crippen LogP contribution in [0.5, 0.6) is 0 Å². The Labute approximate surface area is 154 Å². The third kappa shape index (κ3) is 2.92. The van der Waals surface area contributed by atoms with Crippen molar-refractivity contribution in [3.05, 3.63) is 48.3 Å². The zero-order valence-corrected chi connectivity index (χ0v) is 14.4. The summed E-state index contributed by atoms with van der Waals surface area (Å²) in [5.41, 5.74) is 3.12. The van der Waals surface area contributed by atoms with Gasteiger partial charge in [-0.1, -0.05) is 17.3 Å². The Morgan fingerprint density at radius 2 is 2.15 bits per heavy atom. The molecule has 0 atom stereocenters. The number of nitrogens with zero attached hydrogens (tertiary/aromatic N) is 7. The molecule has 9 nitrogen and oxygen atoms in total. The first-order valence-electron chi connectivity index (χ1n) is 8.68. The number of hydrogen-bond donors (Lipinski definition) is 1. The summed E-state index contributed by atoms with van der Waals surface area (Å²) < 4.78 is 1.73. The first-order chi connectivity index (χ1) is 13.3. The number of aromatic nitrogens is 6. The highest BCUT2D eigenvalue weighted by Crippen LogP contribution is 2.17. The Morgan fingerprint density at radius 1 is 1.19 bits per heavy atom. The average molecular weight is 360 g/mol. The maximum atomic E-state index is 11.6. The molecule has 0 saturated carbocycles. The molecule has 1 aliphatic rings. The number of rotatable bonds is 3. The molecule has 1 saturated heterocycles. The fraction of sp³-hybridized carbons (Fsp3) is 0.222. The SMILES string of the molecule is O=C1CN(c2cnc3nnn(Cc4ccc5ncccc5c4)c3n2)CCN1. The van der Waals surface area contributed by atoms with Gasteiger partial charge in [0.1, 0.15) is 5.82 Å². The zero-order valence-electron chi connectivity index (χ0n) is 14.4. The number of pyridine rings is 1. The first-order valence-corrected chi connectivity index (χ1v) is 8.68. The maximum Gasteiger partial charge on any atom is 0.239 e. The van der Waals surface area contributed by atoms with Crippen molar-refractivity contribution in [3.63, 3.8) is 0 Å². The lowest BCUT2D eigenvalue weighted by Gasteiger charge is -2.27. The monoisotopic (exact) mass is 360 g/mol. The van der Waals surface area contributed by atoms with Gasteiger partial charge in [0.2, 0.25) is 11.6 Å². The smallest absolute Gasteiger partial charge is 0.239 e. The lowest BCUT2D eigenvalue weighted by atomic mass is 10.1. The predicted octanol–water partition coefficient (Wildman–Crippen LogP) is 0.754. The summed E-state index contributed by atoms with van der Waals surface area (Å²) >= 11 is 0. The third-order valence-corrected chi connectivity index (χ3v) is 4.58. The summed E-state index contributed by atoms with van der Waals surface area (Å²) in [4.78, 5) is 26.9. The van der Waals surface area contributed by atoms with E-state index < -0.39 is 0 Å². The van der Waals surface area contributed by atoms with Gasteiger partial charge >= 0.3 is 0 Å². The van der Waals surface area contributed by atoms with E-state index in [-0.39, 0.29) is 12.5 Å². The Bertz CT molecular complexity index is 1150. The number of anilines is 1. The number of piperazine rings is 1. The summed E-state index contributed by atoms with van der Waals surface area (Å²) in [6, 6.07) is 10.1. The van der Waals surface area contributed by atoms with Crippen LogP contribution in [-0.2, 0) is 11.3 Å². The fourth-order valence-corrected chi connectivity index (χ4v) is 3.24. The minimum Gasteiger partial charge on any atom is -0.353 e. The van der Waals surface area contributed by atoms with E-state index in [1.54, 1.807) is 17.1 Å². The topological polar surface area (TPSA) is 102 Å². The van der Waals surface area contributed by atoms with Gasteiger partial charge in [0.05, 0.1) is 24.8 Å². The second-order valence-corrected chi connectivity index (χ2v) is 6.42. The van der Waals surface area contributed by atoms with E-state index in [2.05, 4.69) is 36.6 Å². The van der Waals surface area contributed by atoms with Crippen molar-refractivity contribution in [2.45, 2.75) is 6.54 Å². The molecule has 1 aromatic carbocycles. The Kier molecular flexibility index (Phi) is 3.63. The van der Waals surface area contributed by atoms with E-state index >= 15 is 0 Å². The maximum absolute atomic E-state index is 11.6. The molecule has 1 amide bonds. The number of amides is 1. The largest absolute Gasteiger partial charge is 0.353 e.